The first kappa shape index (κ1) is 17.8. The zero-order chi connectivity index (χ0) is 19.7. The molecule has 8 heteroatoms. The summed E-state index contributed by atoms with van der Waals surface area (Å²) in [4.78, 5) is 14.0. The Morgan fingerprint density at radius 3 is 2.68 bits per heavy atom. The van der Waals surface area contributed by atoms with E-state index in [0.29, 0.717) is 29.9 Å². The van der Waals surface area contributed by atoms with Gasteiger partial charge in [0.15, 0.2) is 11.6 Å². The van der Waals surface area contributed by atoms with E-state index in [0.717, 1.165) is 23.9 Å². The van der Waals surface area contributed by atoms with Crippen LogP contribution in [0.15, 0.2) is 54.7 Å². The third kappa shape index (κ3) is 3.62. The van der Waals surface area contributed by atoms with Crippen molar-refractivity contribution in [2.24, 2.45) is 0 Å². The van der Waals surface area contributed by atoms with Crippen LogP contribution >= 0.6 is 0 Å². The number of benzene rings is 2. The van der Waals surface area contributed by atoms with E-state index in [9.17, 15) is 18.9 Å². The number of aryl methyl sites for hydroxylation is 1. The molecule has 142 valence electrons. The normalized spacial score (nSPS) is 15.4. The van der Waals surface area contributed by atoms with E-state index in [4.69, 9.17) is 9.47 Å². The zero-order valence-corrected chi connectivity index (χ0v) is 14.5. The minimum absolute atomic E-state index is 0.116. The van der Waals surface area contributed by atoms with Gasteiger partial charge < -0.3 is 9.47 Å². The topological polar surface area (TPSA) is 74.5 Å². The molecule has 1 aliphatic rings. The van der Waals surface area contributed by atoms with Gasteiger partial charge in [-0.2, -0.15) is 0 Å². The van der Waals surface area contributed by atoms with Crippen molar-refractivity contribution in [2.75, 3.05) is 0 Å². The average Bonchev–Trinajstić information content (AvgIpc) is 2.70. The lowest BCUT2D eigenvalue weighted by atomic mass is 9.97. The number of rotatable bonds is 4. The highest BCUT2D eigenvalue weighted by molar-refractivity contribution is 5.43. The van der Waals surface area contributed by atoms with Crippen LogP contribution < -0.4 is 9.47 Å². The molecular weight excluding hydrogens is 370 g/mol. The standard InChI is InChI=1S/C20H14F2N2O4/c21-16-5-1-13(10-17(16)22)18-6-2-12-9-15(4-7-19(12)28-18)27-20-8-3-14(11-23-20)24(25)26/h1,3-5,7-11,18H,2,6H2. The zero-order valence-electron chi connectivity index (χ0n) is 14.5. The summed E-state index contributed by atoms with van der Waals surface area (Å²) in [5, 5.41) is 10.7. The largest absolute Gasteiger partial charge is 0.485 e. The van der Waals surface area contributed by atoms with E-state index in [-0.39, 0.29) is 17.7 Å². The first-order valence-electron chi connectivity index (χ1n) is 8.52. The molecule has 0 spiro atoms. The molecule has 28 heavy (non-hydrogen) atoms. The summed E-state index contributed by atoms with van der Waals surface area (Å²) in [6.07, 6.45) is 2.05. The van der Waals surface area contributed by atoms with Crippen molar-refractivity contribution in [1.29, 1.82) is 0 Å². The summed E-state index contributed by atoms with van der Waals surface area (Å²) in [5.74, 6) is -0.380. The molecule has 0 N–H and O–H groups in total. The van der Waals surface area contributed by atoms with Gasteiger partial charge in [0.2, 0.25) is 5.88 Å². The van der Waals surface area contributed by atoms with Gasteiger partial charge in [0.25, 0.3) is 5.69 Å². The second-order valence-corrected chi connectivity index (χ2v) is 6.30. The average molecular weight is 384 g/mol. The maximum atomic E-state index is 13.5. The molecule has 0 saturated heterocycles. The molecule has 0 amide bonds. The van der Waals surface area contributed by atoms with Gasteiger partial charge in [0, 0.05) is 12.1 Å². The molecule has 1 aromatic heterocycles. The Balaban J connectivity index is 1.49. The van der Waals surface area contributed by atoms with Gasteiger partial charge in [-0.25, -0.2) is 13.8 Å². The summed E-state index contributed by atoms with van der Waals surface area (Å²) >= 11 is 0. The van der Waals surface area contributed by atoms with Crippen LogP contribution in [0.1, 0.15) is 23.7 Å². The molecule has 0 bridgehead atoms. The van der Waals surface area contributed by atoms with Crippen LogP contribution in [0.25, 0.3) is 0 Å². The lowest BCUT2D eigenvalue weighted by Crippen LogP contribution is -2.15. The highest BCUT2D eigenvalue weighted by Gasteiger charge is 2.23. The number of hydrogen-bond donors (Lipinski definition) is 0. The summed E-state index contributed by atoms with van der Waals surface area (Å²) in [5.41, 5.74) is 1.38. The van der Waals surface area contributed by atoms with Crippen LogP contribution in [0.3, 0.4) is 0 Å². The maximum absolute atomic E-state index is 13.5. The van der Waals surface area contributed by atoms with Gasteiger partial charge in [-0.3, -0.25) is 10.1 Å². The molecule has 0 radical (unpaired) electrons. The van der Waals surface area contributed by atoms with Crippen LogP contribution in [0, 0.1) is 21.7 Å². The molecule has 0 fully saturated rings. The number of ether oxygens (including phenoxy) is 2. The fourth-order valence-electron chi connectivity index (χ4n) is 3.04. The van der Waals surface area contributed by atoms with Crippen molar-refractivity contribution in [3.8, 4) is 17.4 Å². The van der Waals surface area contributed by atoms with E-state index in [1.807, 2.05) is 0 Å². The molecule has 1 aliphatic heterocycles. The quantitative estimate of drug-likeness (QED) is 0.461. The van der Waals surface area contributed by atoms with Crippen LogP contribution in [0.4, 0.5) is 14.5 Å². The van der Waals surface area contributed by atoms with E-state index < -0.39 is 16.6 Å². The fraction of sp³-hybridized carbons (Fsp3) is 0.150. The molecule has 2 aromatic carbocycles. The van der Waals surface area contributed by atoms with Crippen LogP contribution in [0.2, 0.25) is 0 Å². The van der Waals surface area contributed by atoms with Gasteiger partial charge in [0.05, 0.1) is 4.92 Å². The summed E-state index contributed by atoms with van der Waals surface area (Å²) in [6.45, 7) is 0. The second-order valence-electron chi connectivity index (χ2n) is 6.30. The first-order chi connectivity index (χ1) is 13.5. The summed E-state index contributed by atoms with van der Waals surface area (Å²) < 4.78 is 38.2. The third-order valence-electron chi connectivity index (χ3n) is 4.45. The van der Waals surface area contributed by atoms with Crippen molar-refractivity contribution in [2.45, 2.75) is 18.9 Å². The van der Waals surface area contributed by atoms with Gasteiger partial charge in [0.1, 0.15) is 23.8 Å². The Kier molecular flexibility index (Phi) is 4.60. The maximum Gasteiger partial charge on any atom is 0.287 e. The van der Waals surface area contributed by atoms with Gasteiger partial charge in [-0.15, -0.1) is 0 Å². The monoisotopic (exact) mass is 384 g/mol. The molecule has 1 unspecified atom stereocenters. The Hall–Kier alpha value is -3.55. The summed E-state index contributed by atoms with van der Waals surface area (Å²) in [6, 6.07) is 11.7. The lowest BCUT2D eigenvalue weighted by Gasteiger charge is -2.26. The predicted octanol–water partition coefficient (Wildman–Crippen LogP) is 5.13. The Labute approximate surface area is 158 Å². The number of aromatic nitrogens is 1. The second kappa shape index (κ2) is 7.22. The molecular formula is C20H14F2N2O4. The lowest BCUT2D eigenvalue weighted by molar-refractivity contribution is -0.385. The first-order valence-corrected chi connectivity index (χ1v) is 8.52. The number of hydrogen-bond acceptors (Lipinski definition) is 5. The third-order valence-corrected chi connectivity index (χ3v) is 4.45. The molecule has 0 aliphatic carbocycles. The minimum atomic E-state index is -0.897. The predicted molar refractivity (Wildman–Crippen MR) is 95.5 cm³/mol. The van der Waals surface area contributed by atoms with E-state index in [1.165, 1.54) is 18.2 Å². The Bertz CT molecular complexity index is 1040. The van der Waals surface area contributed by atoms with Crippen LogP contribution in [0.5, 0.6) is 17.4 Å². The number of nitrogens with zero attached hydrogens (tertiary/aromatic N) is 2. The van der Waals surface area contributed by atoms with Crippen molar-refractivity contribution in [1.82, 2.24) is 4.98 Å². The van der Waals surface area contributed by atoms with E-state index >= 15 is 0 Å². The smallest absolute Gasteiger partial charge is 0.287 e. The molecule has 4 rings (SSSR count). The molecule has 3 aromatic rings. The molecule has 6 nitrogen and oxygen atoms in total. The molecule has 2 heterocycles. The Morgan fingerprint density at radius 1 is 1.11 bits per heavy atom. The number of pyridine rings is 1. The van der Waals surface area contributed by atoms with Crippen LogP contribution in [-0.2, 0) is 6.42 Å². The van der Waals surface area contributed by atoms with E-state index in [2.05, 4.69) is 4.98 Å². The van der Waals surface area contributed by atoms with E-state index in [1.54, 1.807) is 18.2 Å². The minimum Gasteiger partial charge on any atom is -0.485 e. The fourth-order valence-corrected chi connectivity index (χ4v) is 3.04. The van der Waals surface area contributed by atoms with Crippen LogP contribution in [-0.4, -0.2) is 9.91 Å². The van der Waals surface area contributed by atoms with Crippen molar-refractivity contribution in [3.05, 3.63) is 87.6 Å². The van der Waals surface area contributed by atoms with Gasteiger partial charge in [-0.1, -0.05) is 6.07 Å². The van der Waals surface area contributed by atoms with Gasteiger partial charge in [-0.05, 0) is 54.3 Å². The van der Waals surface area contributed by atoms with Crippen molar-refractivity contribution < 1.29 is 23.2 Å². The van der Waals surface area contributed by atoms with Crippen molar-refractivity contribution >= 4 is 5.69 Å². The summed E-state index contributed by atoms with van der Waals surface area (Å²) in [7, 11) is 0. The molecule has 0 saturated carbocycles. The number of fused-ring (bicyclic) bond motifs is 1. The van der Waals surface area contributed by atoms with Crippen molar-refractivity contribution in [3.63, 3.8) is 0 Å². The number of nitro groups is 1. The highest BCUT2D eigenvalue weighted by Crippen LogP contribution is 2.37. The Morgan fingerprint density at radius 2 is 1.96 bits per heavy atom. The highest BCUT2D eigenvalue weighted by atomic mass is 19.2. The van der Waals surface area contributed by atoms with Gasteiger partial charge >= 0.3 is 0 Å². The SMILES string of the molecule is O=[N+]([O-])c1ccc(Oc2ccc3c(c2)CCC(c2ccc(F)c(F)c2)O3)nc1. The number of halogens is 2. The molecule has 1 atom stereocenters.